The smallest absolute Gasteiger partial charge is 0.156 e. The van der Waals surface area contributed by atoms with Gasteiger partial charge in [-0.1, -0.05) is 13.0 Å². The summed E-state index contributed by atoms with van der Waals surface area (Å²) in [6.45, 7) is 4.08. The number of imidazole rings is 1. The summed E-state index contributed by atoms with van der Waals surface area (Å²) in [5.41, 5.74) is 2.27. The molecule has 0 radical (unpaired) electrons. The lowest BCUT2D eigenvalue weighted by Gasteiger charge is -2.24. The van der Waals surface area contributed by atoms with Gasteiger partial charge in [0.25, 0.3) is 0 Å². The maximum Gasteiger partial charge on any atom is 0.156 e. The number of aryl methyl sites for hydroxylation is 1. The molecule has 3 aromatic heterocycles. The molecule has 1 aliphatic heterocycles. The topological polar surface area (TPSA) is 59.7 Å². The first-order valence-corrected chi connectivity index (χ1v) is 8.82. The predicted molar refractivity (Wildman–Crippen MR) is 95.2 cm³/mol. The van der Waals surface area contributed by atoms with Crippen molar-refractivity contribution >= 4 is 0 Å². The highest BCUT2D eigenvalue weighted by Crippen LogP contribution is 2.32. The van der Waals surface area contributed by atoms with E-state index in [1.165, 1.54) is 12.0 Å². The molecular formula is C19H22N6. The molecule has 25 heavy (non-hydrogen) atoms. The van der Waals surface area contributed by atoms with E-state index in [2.05, 4.69) is 32.8 Å². The first-order valence-electron chi connectivity index (χ1n) is 8.82. The molecule has 4 rings (SSSR count). The summed E-state index contributed by atoms with van der Waals surface area (Å²) in [5, 5.41) is 0. The largest absolute Gasteiger partial charge is 0.290 e. The standard InChI is InChI=1S/C19H22N6/c1-2-18-22-8-10-25(18)19-13-21-12-16(23-19)17-6-4-9-24(17)14-15-5-3-7-20-11-15/h3,5,7-8,10-13,17H,2,4,6,9,14H2,1H3. The highest BCUT2D eigenvalue weighted by Gasteiger charge is 2.27. The summed E-state index contributed by atoms with van der Waals surface area (Å²) >= 11 is 0. The fourth-order valence-corrected chi connectivity index (χ4v) is 3.53. The van der Waals surface area contributed by atoms with E-state index in [1.807, 2.05) is 47.8 Å². The summed E-state index contributed by atoms with van der Waals surface area (Å²) < 4.78 is 2.02. The van der Waals surface area contributed by atoms with Crippen LogP contribution < -0.4 is 0 Å². The maximum absolute atomic E-state index is 4.90. The zero-order valence-electron chi connectivity index (χ0n) is 14.4. The van der Waals surface area contributed by atoms with Crippen LogP contribution in [0.3, 0.4) is 0 Å². The third kappa shape index (κ3) is 3.30. The summed E-state index contributed by atoms with van der Waals surface area (Å²) in [6, 6.07) is 4.43. The summed E-state index contributed by atoms with van der Waals surface area (Å²) in [5.74, 6) is 1.85. The van der Waals surface area contributed by atoms with Gasteiger partial charge in [0.1, 0.15) is 5.82 Å². The van der Waals surface area contributed by atoms with E-state index in [-0.39, 0.29) is 0 Å². The molecule has 0 aromatic carbocycles. The SMILES string of the molecule is CCc1nccn1-c1cncc(C2CCCN2Cc2cccnc2)n1. The van der Waals surface area contributed by atoms with Crippen molar-refractivity contribution in [1.82, 2.24) is 29.4 Å². The Labute approximate surface area is 147 Å². The van der Waals surface area contributed by atoms with Gasteiger partial charge in [-0.25, -0.2) is 9.97 Å². The molecule has 1 unspecified atom stereocenters. The number of hydrogen-bond acceptors (Lipinski definition) is 5. The Balaban J connectivity index is 1.59. The Kier molecular flexibility index (Phi) is 4.52. The van der Waals surface area contributed by atoms with Crippen molar-refractivity contribution < 1.29 is 0 Å². The molecule has 4 heterocycles. The summed E-state index contributed by atoms with van der Waals surface area (Å²) in [4.78, 5) is 20.4. The molecule has 6 nitrogen and oxygen atoms in total. The van der Waals surface area contributed by atoms with Crippen LogP contribution in [0.25, 0.3) is 5.82 Å². The lowest BCUT2D eigenvalue weighted by Crippen LogP contribution is -2.24. The van der Waals surface area contributed by atoms with E-state index in [0.29, 0.717) is 6.04 Å². The number of aromatic nitrogens is 5. The van der Waals surface area contributed by atoms with Crippen molar-refractivity contribution in [2.24, 2.45) is 0 Å². The molecule has 1 saturated heterocycles. The van der Waals surface area contributed by atoms with Crippen molar-refractivity contribution in [3.8, 4) is 5.82 Å². The van der Waals surface area contributed by atoms with Crippen LogP contribution in [0.15, 0.2) is 49.3 Å². The maximum atomic E-state index is 4.90. The Hall–Kier alpha value is -2.60. The van der Waals surface area contributed by atoms with Gasteiger partial charge >= 0.3 is 0 Å². The van der Waals surface area contributed by atoms with E-state index >= 15 is 0 Å². The van der Waals surface area contributed by atoms with E-state index in [9.17, 15) is 0 Å². The highest BCUT2D eigenvalue weighted by molar-refractivity contribution is 5.24. The molecule has 0 saturated carbocycles. The third-order valence-electron chi connectivity index (χ3n) is 4.73. The van der Waals surface area contributed by atoms with E-state index < -0.39 is 0 Å². The Bertz CT molecular complexity index is 829. The quantitative estimate of drug-likeness (QED) is 0.718. The number of pyridine rings is 1. The van der Waals surface area contributed by atoms with Crippen LogP contribution in [0, 0.1) is 0 Å². The van der Waals surface area contributed by atoms with Crippen LogP contribution >= 0.6 is 0 Å². The molecule has 0 aliphatic carbocycles. The molecule has 0 amide bonds. The van der Waals surface area contributed by atoms with Gasteiger partial charge < -0.3 is 0 Å². The first-order chi connectivity index (χ1) is 12.3. The van der Waals surface area contributed by atoms with Gasteiger partial charge in [-0.2, -0.15) is 0 Å². The molecule has 1 fully saturated rings. The monoisotopic (exact) mass is 334 g/mol. The van der Waals surface area contributed by atoms with Gasteiger partial charge in [0.15, 0.2) is 5.82 Å². The molecule has 1 aliphatic rings. The number of hydrogen-bond donors (Lipinski definition) is 0. The Morgan fingerprint density at radius 2 is 2.12 bits per heavy atom. The second kappa shape index (κ2) is 7.11. The molecule has 128 valence electrons. The lowest BCUT2D eigenvalue weighted by atomic mass is 10.1. The van der Waals surface area contributed by atoms with Crippen molar-refractivity contribution in [2.75, 3.05) is 6.54 Å². The average molecular weight is 334 g/mol. The number of likely N-dealkylation sites (tertiary alicyclic amines) is 1. The van der Waals surface area contributed by atoms with Crippen LogP contribution in [-0.4, -0.2) is 35.9 Å². The van der Waals surface area contributed by atoms with Gasteiger partial charge in [0.2, 0.25) is 0 Å². The number of rotatable bonds is 5. The summed E-state index contributed by atoms with van der Waals surface area (Å²) in [6.07, 6.45) is 14.4. The normalized spacial score (nSPS) is 17.9. The lowest BCUT2D eigenvalue weighted by molar-refractivity contribution is 0.243. The van der Waals surface area contributed by atoms with Gasteiger partial charge in [-0.15, -0.1) is 0 Å². The minimum atomic E-state index is 0.307. The van der Waals surface area contributed by atoms with Gasteiger partial charge in [-0.3, -0.25) is 19.4 Å². The predicted octanol–water partition coefficient (Wildman–Crippen LogP) is 2.96. The second-order valence-corrected chi connectivity index (χ2v) is 6.36. The van der Waals surface area contributed by atoms with E-state index in [4.69, 9.17) is 4.98 Å². The average Bonchev–Trinajstić information content (AvgIpc) is 3.32. The fraction of sp³-hybridized carbons (Fsp3) is 0.368. The molecule has 1 atom stereocenters. The van der Waals surface area contributed by atoms with E-state index in [0.717, 1.165) is 43.3 Å². The van der Waals surface area contributed by atoms with Crippen LogP contribution in [0.4, 0.5) is 0 Å². The van der Waals surface area contributed by atoms with Crippen molar-refractivity contribution in [3.63, 3.8) is 0 Å². The Morgan fingerprint density at radius 3 is 2.96 bits per heavy atom. The van der Waals surface area contributed by atoms with Crippen molar-refractivity contribution in [1.29, 1.82) is 0 Å². The van der Waals surface area contributed by atoms with E-state index in [1.54, 1.807) is 0 Å². The van der Waals surface area contributed by atoms with Gasteiger partial charge in [0, 0.05) is 37.8 Å². The number of nitrogens with zero attached hydrogens (tertiary/aromatic N) is 6. The minimum Gasteiger partial charge on any atom is -0.290 e. The molecule has 0 N–H and O–H groups in total. The van der Waals surface area contributed by atoms with Crippen LogP contribution in [0.2, 0.25) is 0 Å². The third-order valence-corrected chi connectivity index (χ3v) is 4.73. The van der Waals surface area contributed by atoms with Crippen LogP contribution in [0.1, 0.15) is 42.9 Å². The van der Waals surface area contributed by atoms with Crippen molar-refractivity contribution in [3.05, 3.63) is 66.4 Å². The van der Waals surface area contributed by atoms with Gasteiger partial charge in [-0.05, 0) is 31.0 Å². The van der Waals surface area contributed by atoms with Crippen LogP contribution in [-0.2, 0) is 13.0 Å². The summed E-state index contributed by atoms with van der Waals surface area (Å²) in [7, 11) is 0. The van der Waals surface area contributed by atoms with Crippen molar-refractivity contribution in [2.45, 2.75) is 38.8 Å². The molecule has 3 aromatic rings. The molecule has 0 bridgehead atoms. The Morgan fingerprint density at radius 1 is 1.16 bits per heavy atom. The first kappa shape index (κ1) is 15.9. The zero-order valence-corrected chi connectivity index (χ0v) is 14.4. The second-order valence-electron chi connectivity index (χ2n) is 6.36. The fourth-order valence-electron chi connectivity index (χ4n) is 3.53. The molecule has 6 heteroatoms. The minimum absolute atomic E-state index is 0.307. The molecule has 0 spiro atoms. The van der Waals surface area contributed by atoms with Crippen LogP contribution in [0.5, 0.6) is 0 Å². The highest BCUT2D eigenvalue weighted by atomic mass is 15.2. The molecular weight excluding hydrogens is 312 g/mol. The van der Waals surface area contributed by atoms with Gasteiger partial charge in [0.05, 0.1) is 24.1 Å². The zero-order chi connectivity index (χ0) is 17.1.